The van der Waals surface area contributed by atoms with Gasteiger partial charge in [-0.1, -0.05) is 18.2 Å². The van der Waals surface area contributed by atoms with E-state index in [0.717, 1.165) is 28.7 Å². The highest BCUT2D eigenvalue weighted by molar-refractivity contribution is 5.79. The van der Waals surface area contributed by atoms with Crippen LogP contribution in [0.2, 0.25) is 0 Å². The van der Waals surface area contributed by atoms with Gasteiger partial charge in [-0.25, -0.2) is 9.97 Å². The van der Waals surface area contributed by atoms with E-state index in [2.05, 4.69) is 50.7 Å². The van der Waals surface area contributed by atoms with Gasteiger partial charge < -0.3 is 15.4 Å². The van der Waals surface area contributed by atoms with Gasteiger partial charge in [-0.15, -0.1) is 0 Å². The number of ether oxygens (including phenoxy) is 1. The lowest BCUT2D eigenvalue weighted by Gasteiger charge is -2.17. The minimum absolute atomic E-state index is 0.130. The maximum atomic E-state index is 5.95. The predicted molar refractivity (Wildman–Crippen MR) is 115 cm³/mol. The number of aryl methyl sites for hydroxylation is 1. The molecule has 0 unspecified atom stereocenters. The normalized spacial score (nSPS) is 11.6. The molecule has 0 amide bonds. The predicted octanol–water partition coefficient (Wildman–Crippen LogP) is 3.23. The molecule has 152 valence electrons. The van der Waals surface area contributed by atoms with Crippen molar-refractivity contribution in [2.75, 3.05) is 7.05 Å². The first kappa shape index (κ1) is 20.4. The minimum atomic E-state index is 0.130. The number of benzene rings is 1. The molecule has 2 aromatic heterocycles. The lowest BCUT2D eigenvalue weighted by atomic mass is 10.1. The lowest BCUT2D eigenvalue weighted by Crippen LogP contribution is -2.36. The standard InChI is InChI=1S/C22H28N6O/c1-16(2)29-20-11-17(3)5-7-19(20)14-27-22(23-4)26-13-18-6-8-21(25-12-18)28-10-9-24-15-28/h5-12,15-16H,13-14H2,1-4H3,(H2,23,26,27). The van der Waals surface area contributed by atoms with Crippen LogP contribution in [0.4, 0.5) is 0 Å². The third kappa shape index (κ3) is 5.81. The Morgan fingerprint density at radius 1 is 1.17 bits per heavy atom. The number of nitrogens with one attached hydrogen (secondary N) is 2. The quantitative estimate of drug-likeness (QED) is 0.477. The molecule has 0 aliphatic heterocycles. The van der Waals surface area contributed by atoms with Crippen molar-refractivity contribution in [1.82, 2.24) is 25.2 Å². The van der Waals surface area contributed by atoms with Gasteiger partial charge in [0.2, 0.25) is 0 Å². The second kappa shape index (κ2) is 9.73. The SMILES string of the molecule is CN=C(NCc1ccc(-n2ccnc2)nc1)NCc1ccc(C)cc1OC(C)C. The summed E-state index contributed by atoms with van der Waals surface area (Å²) in [7, 11) is 1.76. The highest BCUT2D eigenvalue weighted by atomic mass is 16.5. The largest absolute Gasteiger partial charge is 0.491 e. The van der Waals surface area contributed by atoms with E-state index in [0.29, 0.717) is 13.1 Å². The van der Waals surface area contributed by atoms with Crippen LogP contribution in [0.1, 0.15) is 30.5 Å². The summed E-state index contributed by atoms with van der Waals surface area (Å²) in [6, 6.07) is 10.3. The Morgan fingerprint density at radius 2 is 2.00 bits per heavy atom. The smallest absolute Gasteiger partial charge is 0.191 e. The molecular weight excluding hydrogens is 364 g/mol. The van der Waals surface area contributed by atoms with Crippen molar-refractivity contribution >= 4 is 5.96 Å². The Bertz CT molecular complexity index is 932. The summed E-state index contributed by atoms with van der Waals surface area (Å²) in [4.78, 5) is 12.8. The van der Waals surface area contributed by atoms with Crippen molar-refractivity contribution in [3.63, 3.8) is 0 Å². The van der Waals surface area contributed by atoms with Crippen molar-refractivity contribution < 1.29 is 4.74 Å². The van der Waals surface area contributed by atoms with Crippen molar-refractivity contribution in [3.05, 3.63) is 71.9 Å². The van der Waals surface area contributed by atoms with Crippen LogP contribution in [-0.2, 0) is 13.1 Å². The van der Waals surface area contributed by atoms with Crippen LogP contribution in [0.5, 0.6) is 5.75 Å². The molecule has 0 atom stereocenters. The highest BCUT2D eigenvalue weighted by Gasteiger charge is 2.08. The summed E-state index contributed by atoms with van der Waals surface area (Å²) < 4.78 is 7.82. The van der Waals surface area contributed by atoms with Crippen LogP contribution < -0.4 is 15.4 Å². The molecule has 2 N–H and O–H groups in total. The molecule has 0 spiro atoms. The zero-order valence-electron chi connectivity index (χ0n) is 17.4. The van der Waals surface area contributed by atoms with Crippen LogP contribution in [0.3, 0.4) is 0 Å². The Balaban J connectivity index is 1.56. The molecule has 0 aliphatic carbocycles. The van der Waals surface area contributed by atoms with Crippen LogP contribution in [0.15, 0.2) is 60.2 Å². The topological polar surface area (TPSA) is 76.4 Å². The number of aromatic nitrogens is 3. The minimum Gasteiger partial charge on any atom is -0.491 e. The van der Waals surface area contributed by atoms with E-state index in [1.165, 1.54) is 5.56 Å². The third-order valence-corrected chi connectivity index (χ3v) is 4.29. The summed E-state index contributed by atoms with van der Waals surface area (Å²) in [5.41, 5.74) is 3.34. The Hall–Kier alpha value is -3.35. The molecule has 7 nitrogen and oxygen atoms in total. The Kier molecular flexibility index (Phi) is 6.84. The van der Waals surface area contributed by atoms with Crippen LogP contribution in [0.25, 0.3) is 5.82 Å². The summed E-state index contributed by atoms with van der Waals surface area (Å²) in [5, 5.41) is 6.67. The Morgan fingerprint density at radius 3 is 2.66 bits per heavy atom. The average molecular weight is 393 g/mol. The van der Waals surface area contributed by atoms with Crippen molar-refractivity contribution in [2.45, 2.75) is 40.0 Å². The fourth-order valence-corrected chi connectivity index (χ4v) is 2.83. The molecule has 2 heterocycles. The van der Waals surface area contributed by atoms with E-state index in [4.69, 9.17) is 4.74 Å². The van der Waals surface area contributed by atoms with E-state index in [1.54, 1.807) is 19.6 Å². The molecular formula is C22H28N6O. The maximum Gasteiger partial charge on any atom is 0.191 e. The second-order valence-corrected chi connectivity index (χ2v) is 7.05. The van der Waals surface area contributed by atoms with Gasteiger partial charge in [-0.2, -0.15) is 0 Å². The average Bonchev–Trinajstić information content (AvgIpc) is 3.24. The zero-order chi connectivity index (χ0) is 20.6. The van der Waals surface area contributed by atoms with Crippen molar-refractivity contribution in [1.29, 1.82) is 0 Å². The van der Waals surface area contributed by atoms with Gasteiger partial charge in [0, 0.05) is 44.3 Å². The van der Waals surface area contributed by atoms with Crippen LogP contribution in [0, 0.1) is 6.92 Å². The van der Waals surface area contributed by atoms with Gasteiger partial charge in [0.1, 0.15) is 17.9 Å². The Labute approximate surface area is 171 Å². The highest BCUT2D eigenvalue weighted by Crippen LogP contribution is 2.21. The van der Waals surface area contributed by atoms with Gasteiger partial charge in [0.25, 0.3) is 0 Å². The van der Waals surface area contributed by atoms with Crippen molar-refractivity contribution in [3.8, 4) is 11.6 Å². The molecule has 1 aromatic carbocycles. The molecule has 0 fully saturated rings. The fourth-order valence-electron chi connectivity index (χ4n) is 2.83. The summed E-state index contributed by atoms with van der Waals surface area (Å²) in [6.45, 7) is 7.38. The zero-order valence-corrected chi connectivity index (χ0v) is 17.4. The van der Waals surface area contributed by atoms with Gasteiger partial charge in [-0.05, 0) is 44.0 Å². The fraction of sp³-hybridized carbons (Fsp3) is 0.318. The van der Waals surface area contributed by atoms with Gasteiger partial charge in [0.15, 0.2) is 5.96 Å². The molecule has 0 bridgehead atoms. The first-order valence-corrected chi connectivity index (χ1v) is 9.69. The molecule has 0 radical (unpaired) electrons. The first-order valence-electron chi connectivity index (χ1n) is 9.69. The number of imidazole rings is 1. The number of hydrogen-bond donors (Lipinski definition) is 2. The number of pyridine rings is 1. The molecule has 29 heavy (non-hydrogen) atoms. The monoisotopic (exact) mass is 392 g/mol. The van der Waals surface area contributed by atoms with E-state index in [9.17, 15) is 0 Å². The molecule has 0 aliphatic rings. The molecule has 7 heteroatoms. The van der Waals surface area contributed by atoms with Crippen molar-refractivity contribution in [2.24, 2.45) is 4.99 Å². The molecule has 3 aromatic rings. The molecule has 0 saturated carbocycles. The first-order chi connectivity index (χ1) is 14.0. The van der Waals surface area contributed by atoms with E-state index >= 15 is 0 Å². The number of hydrogen-bond acceptors (Lipinski definition) is 4. The van der Waals surface area contributed by atoms with Gasteiger partial charge >= 0.3 is 0 Å². The van der Waals surface area contributed by atoms with Crippen LogP contribution in [-0.4, -0.2) is 33.6 Å². The van der Waals surface area contributed by atoms with Gasteiger partial charge in [-0.3, -0.25) is 9.56 Å². The molecule has 0 saturated heterocycles. The summed E-state index contributed by atoms with van der Waals surface area (Å²) >= 11 is 0. The number of nitrogens with zero attached hydrogens (tertiary/aromatic N) is 4. The lowest BCUT2D eigenvalue weighted by molar-refractivity contribution is 0.239. The number of guanidine groups is 1. The summed E-state index contributed by atoms with van der Waals surface area (Å²) in [5.74, 6) is 2.47. The van der Waals surface area contributed by atoms with E-state index in [-0.39, 0.29) is 6.10 Å². The summed E-state index contributed by atoms with van der Waals surface area (Å²) in [6.07, 6.45) is 7.32. The number of aliphatic imine (C=N–C) groups is 1. The van der Waals surface area contributed by atoms with E-state index in [1.807, 2.05) is 42.9 Å². The van der Waals surface area contributed by atoms with Crippen LogP contribution >= 0.6 is 0 Å². The van der Waals surface area contributed by atoms with Gasteiger partial charge in [0.05, 0.1) is 6.10 Å². The maximum absolute atomic E-state index is 5.95. The second-order valence-electron chi connectivity index (χ2n) is 7.05. The third-order valence-electron chi connectivity index (χ3n) is 4.29. The number of rotatable bonds is 7. The van der Waals surface area contributed by atoms with E-state index < -0.39 is 0 Å². The molecule has 3 rings (SSSR count).